The van der Waals surface area contributed by atoms with Gasteiger partial charge in [-0.2, -0.15) is 5.10 Å². The normalized spacial score (nSPS) is 17.6. The monoisotopic (exact) mass is 473 g/mol. The van der Waals surface area contributed by atoms with Crippen molar-refractivity contribution in [1.82, 2.24) is 25.0 Å². The fourth-order valence-corrected chi connectivity index (χ4v) is 6.46. The van der Waals surface area contributed by atoms with Crippen LogP contribution in [0.15, 0.2) is 36.4 Å². The Hall–Kier alpha value is -3.00. The summed E-state index contributed by atoms with van der Waals surface area (Å²) in [4.78, 5) is 9.89. The molecule has 2 aliphatic rings. The van der Waals surface area contributed by atoms with Gasteiger partial charge in [-0.1, -0.05) is 48.8 Å². The number of benzene rings is 1. The van der Waals surface area contributed by atoms with Crippen molar-refractivity contribution in [3.63, 3.8) is 0 Å². The lowest BCUT2D eigenvalue weighted by molar-refractivity contribution is 0.440. The molecule has 2 fully saturated rings. The van der Waals surface area contributed by atoms with Gasteiger partial charge in [-0.3, -0.25) is 0 Å². The number of fused-ring (bicyclic) bond motifs is 1. The summed E-state index contributed by atoms with van der Waals surface area (Å²) >= 11 is 1.81. The number of piperazine rings is 1. The van der Waals surface area contributed by atoms with Gasteiger partial charge in [0, 0.05) is 37.5 Å². The van der Waals surface area contributed by atoms with Crippen molar-refractivity contribution in [2.45, 2.75) is 51.9 Å². The summed E-state index contributed by atoms with van der Waals surface area (Å²) in [5, 5.41) is 17.4. The first-order chi connectivity index (χ1) is 16.7. The van der Waals surface area contributed by atoms with Gasteiger partial charge < -0.3 is 9.80 Å². The Morgan fingerprint density at radius 1 is 0.882 bits per heavy atom. The molecule has 0 unspecified atom stereocenters. The highest BCUT2D eigenvalue weighted by molar-refractivity contribution is 7.15. The molecule has 34 heavy (non-hydrogen) atoms. The van der Waals surface area contributed by atoms with Crippen molar-refractivity contribution in [3.05, 3.63) is 52.7 Å². The highest BCUT2D eigenvalue weighted by atomic mass is 32.1. The molecule has 0 amide bonds. The van der Waals surface area contributed by atoms with Crippen molar-refractivity contribution in [3.8, 4) is 5.69 Å². The molecule has 1 aromatic carbocycles. The van der Waals surface area contributed by atoms with Gasteiger partial charge >= 0.3 is 0 Å². The molecule has 1 saturated carbocycles. The van der Waals surface area contributed by atoms with Gasteiger partial charge in [0.1, 0.15) is 10.8 Å². The number of anilines is 2. The molecule has 1 aliphatic heterocycles. The minimum absolute atomic E-state index is 0.623. The molecule has 3 aromatic heterocycles. The number of hydrogen-bond acceptors (Lipinski definition) is 7. The SMILES string of the molecule is Cc1cc(N2CCN(c3nnc(C4CCCCC4)s3)CC2)nc2c1c(C)nn2-c1ccccc1. The first-order valence-electron chi connectivity index (χ1n) is 12.4. The highest BCUT2D eigenvalue weighted by Crippen LogP contribution is 2.36. The predicted molar refractivity (Wildman–Crippen MR) is 138 cm³/mol. The van der Waals surface area contributed by atoms with E-state index in [1.807, 2.05) is 34.2 Å². The second-order valence-corrected chi connectivity index (χ2v) is 10.5. The Morgan fingerprint density at radius 2 is 1.62 bits per heavy atom. The predicted octanol–water partition coefficient (Wildman–Crippen LogP) is 5.26. The van der Waals surface area contributed by atoms with E-state index in [1.54, 1.807) is 0 Å². The van der Waals surface area contributed by atoms with E-state index >= 15 is 0 Å². The summed E-state index contributed by atoms with van der Waals surface area (Å²) in [6, 6.07) is 12.5. The van der Waals surface area contributed by atoms with Gasteiger partial charge in [0.2, 0.25) is 5.13 Å². The molecule has 8 heteroatoms. The maximum atomic E-state index is 5.10. The summed E-state index contributed by atoms with van der Waals surface area (Å²) in [5.74, 6) is 1.65. The van der Waals surface area contributed by atoms with E-state index in [0.717, 1.165) is 59.5 Å². The highest BCUT2D eigenvalue weighted by Gasteiger charge is 2.25. The number of rotatable bonds is 4. The molecule has 0 atom stereocenters. The summed E-state index contributed by atoms with van der Waals surface area (Å²) in [6.07, 6.45) is 6.58. The second kappa shape index (κ2) is 8.98. The number of aromatic nitrogens is 5. The molecular weight excluding hydrogens is 442 g/mol. The lowest BCUT2D eigenvalue weighted by Crippen LogP contribution is -2.46. The zero-order chi connectivity index (χ0) is 23.1. The Kier molecular flexibility index (Phi) is 5.69. The maximum absolute atomic E-state index is 5.10. The number of para-hydroxylation sites is 1. The minimum atomic E-state index is 0.623. The average molecular weight is 474 g/mol. The minimum Gasteiger partial charge on any atom is -0.353 e. The third kappa shape index (κ3) is 3.94. The molecule has 176 valence electrons. The maximum Gasteiger partial charge on any atom is 0.208 e. The summed E-state index contributed by atoms with van der Waals surface area (Å²) in [7, 11) is 0. The first kappa shape index (κ1) is 21.5. The largest absolute Gasteiger partial charge is 0.353 e. The van der Waals surface area contributed by atoms with E-state index in [1.165, 1.54) is 42.7 Å². The quantitative estimate of drug-likeness (QED) is 0.403. The van der Waals surface area contributed by atoms with E-state index in [0.29, 0.717) is 5.92 Å². The van der Waals surface area contributed by atoms with Crippen LogP contribution < -0.4 is 9.80 Å². The van der Waals surface area contributed by atoms with Crippen molar-refractivity contribution >= 4 is 33.3 Å². The second-order valence-electron chi connectivity index (χ2n) is 9.56. The molecule has 4 heterocycles. The van der Waals surface area contributed by atoms with Gasteiger partial charge in [0.15, 0.2) is 5.65 Å². The van der Waals surface area contributed by atoms with Crippen LogP contribution in [0.5, 0.6) is 0 Å². The number of aryl methyl sites for hydroxylation is 2. The van der Waals surface area contributed by atoms with Crippen LogP contribution in [0, 0.1) is 13.8 Å². The summed E-state index contributed by atoms with van der Waals surface area (Å²) < 4.78 is 1.98. The van der Waals surface area contributed by atoms with Crippen LogP contribution in [-0.4, -0.2) is 51.1 Å². The van der Waals surface area contributed by atoms with E-state index in [4.69, 9.17) is 10.1 Å². The van der Waals surface area contributed by atoms with E-state index in [9.17, 15) is 0 Å². The lowest BCUT2D eigenvalue weighted by Gasteiger charge is -2.35. The van der Waals surface area contributed by atoms with Gasteiger partial charge in [-0.25, -0.2) is 9.67 Å². The molecule has 1 aliphatic carbocycles. The van der Waals surface area contributed by atoms with E-state index in [-0.39, 0.29) is 0 Å². The van der Waals surface area contributed by atoms with Crippen molar-refractivity contribution < 1.29 is 0 Å². The molecule has 0 N–H and O–H groups in total. The smallest absolute Gasteiger partial charge is 0.208 e. The van der Waals surface area contributed by atoms with Gasteiger partial charge in [0.25, 0.3) is 0 Å². The molecule has 0 spiro atoms. The van der Waals surface area contributed by atoms with Crippen LogP contribution in [-0.2, 0) is 0 Å². The number of pyridine rings is 1. The Balaban J connectivity index is 1.21. The number of hydrogen-bond donors (Lipinski definition) is 0. The average Bonchev–Trinajstić information content (AvgIpc) is 3.51. The van der Waals surface area contributed by atoms with Crippen LogP contribution in [0.25, 0.3) is 16.7 Å². The lowest BCUT2D eigenvalue weighted by atomic mass is 9.90. The van der Waals surface area contributed by atoms with Crippen molar-refractivity contribution in [2.75, 3.05) is 36.0 Å². The Labute approximate surface area is 204 Å². The van der Waals surface area contributed by atoms with Crippen LogP contribution in [0.3, 0.4) is 0 Å². The first-order valence-corrected chi connectivity index (χ1v) is 13.2. The van der Waals surface area contributed by atoms with Gasteiger partial charge in [-0.05, 0) is 50.5 Å². The number of nitrogens with zero attached hydrogens (tertiary/aromatic N) is 7. The zero-order valence-corrected chi connectivity index (χ0v) is 20.8. The van der Waals surface area contributed by atoms with E-state index in [2.05, 4.69) is 52.0 Å². The zero-order valence-electron chi connectivity index (χ0n) is 19.9. The van der Waals surface area contributed by atoms with Crippen LogP contribution in [0.2, 0.25) is 0 Å². The Bertz CT molecular complexity index is 1280. The van der Waals surface area contributed by atoms with Crippen LogP contribution in [0.1, 0.15) is 54.3 Å². The summed E-state index contributed by atoms with van der Waals surface area (Å²) in [6.45, 7) is 7.97. The topological polar surface area (TPSA) is 63.0 Å². The van der Waals surface area contributed by atoms with Crippen molar-refractivity contribution in [1.29, 1.82) is 0 Å². The third-order valence-corrected chi connectivity index (χ3v) is 8.40. The molecular formula is C26H31N7S. The van der Waals surface area contributed by atoms with Crippen molar-refractivity contribution in [2.24, 2.45) is 0 Å². The van der Waals surface area contributed by atoms with Gasteiger partial charge in [0.05, 0.1) is 11.4 Å². The van der Waals surface area contributed by atoms with Crippen LogP contribution in [0.4, 0.5) is 10.9 Å². The molecule has 1 saturated heterocycles. The standard InChI is InChI=1S/C26H31N7S/c1-18-17-22(27-24-23(18)19(2)30-33(24)21-11-7-4-8-12-21)31-13-15-32(16-14-31)26-29-28-25(34-26)20-9-5-3-6-10-20/h4,7-8,11-12,17,20H,3,5-6,9-10,13-16H2,1-2H3. The van der Waals surface area contributed by atoms with Crippen LogP contribution >= 0.6 is 11.3 Å². The summed E-state index contributed by atoms with van der Waals surface area (Å²) in [5.41, 5.74) is 4.22. The van der Waals surface area contributed by atoms with Gasteiger partial charge in [-0.15, -0.1) is 10.2 Å². The molecule has 6 rings (SSSR count). The fourth-order valence-electron chi connectivity index (χ4n) is 5.39. The third-order valence-electron chi connectivity index (χ3n) is 7.26. The fraction of sp³-hybridized carbons (Fsp3) is 0.462. The molecule has 0 bridgehead atoms. The Morgan fingerprint density at radius 3 is 2.38 bits per heavy atom. The van der Waals surface area contributed by atoms with E-state index < -0.39 is 0 Å². The molecule has 4 aromatic rings. The molecule has 7 nitrogen and oxygen atoms in total. The molecule has 0 radical (unpaired) electrons.